The Morgan fingerprint density at radius 3 is 2.50 bits per heavy atom. The van der Waals surface area contributed by atoms with Crippen molar-refractivity contribution in [1.29, 1.82) is 0 Å². The molecule has 0 spiro atoms. The fourth-order valence-electron chi connectivity index (χ4n) is 3.88. The SMILES string of the molecule is Cl.O.OCCN1CCN(C2Cc3ccc(O)cc3Sc3ccc(Cl)cc32)CC1. The maximum atomic E-state index is 9.90. The highest BCUT2D eigenvalue weighted by Gasteiger charge is 2.30. The van der Waals surface area contributed by atoms with Gasteiger partial charge < -0.3 is 15.7 Å². The number of benzene rings is 2. The standard InChI is InChI=1S/C20H23ClN2O2S.ClH.H2O/c21-15-2-4-19-17(12-15)18(23-7-5-22(6-8-23)9-10-24)11-14-1-3-16(25)13-20(14)26-19;;/h1-4,12-13,18,24-25H,5-11H2;1H;1H2. The van der Waals surface area contributed by atoms with Crippen LogP contribution in [0.5, 0.6) is 5.75 Å². The lowest BCUT2D eigenvalue weighted by molar-refractivity contribution is 0.0823. The van der Waals surface area contributed by atoms with Crippen LogP contribution in [0.25, 0.3) is 0 Å². The summed E-state index contributed by atoms with van der Waals surface area (Å²) in [7, 11) is 0. The summed E-state index contributed by atoms with van der Waals surface area (Å²) >= 11 is 8.05. The molecule has 0 amide bonds. The third-order valence-corrected chi connectivity index (χ3v) is 6.71. The number of hydrogen-bond acceptors (Lipinski definition) is 5. The summed E-state index contributed by atoms with van der Waals surface area (Å²) in [4.78, 5) is 7.18. The van der Waals surface area contributed by atoms with Crippen LogP contribution in [0.1, 0.15) is 17.2 Å². The number of hydrogen-bond donors (Lipinski definition) is 2. The van der Waals surface area contributed by atoms with Crippen molar-refractivity contribution < 1.29 is 15.7 Å². The highest BCUT2D eigenvalue weighted by molar-refractivity contribution is 7.99. The second kappa shape index (κ2) is 10.2. The Labute approximate surface area is 181 Å². The van der Waals surface area contributed by atoms with Gasteiger partial charge in [0.1, 0.15) is 5.75 Å². The van der Waals surface area contributed by atoms with Gasteiger partial charge in [0.25, 0.3) is 0 Å². The molecule has 4 N–H and O–H groups in total. The number of β-amino-alcohol motifs (C(OH)–C–C–N with tert-alkyl or cyclic N) is 1. The Morgan fingerprint density at radius 2 is 1.79 bits per heavy atom. The van der Waals surface area contributed by atoms with Gasteiger partial charge >= 0.3 is 0 Å². The zero-order valence-corrected chi connectivity index (χ0v) is 17.9. The third kappa shape index (κ3) is 4.94. The molecule has 0 aliphatic carbocycles. The van der Waals surface area contributed by atoms with Crippen LogP contribution < -0.4 is 0 Å². The quantitative estimate of drug-likeness (QED) is 0.760. The maximum absolute atomic E-state index is 9.90. The third-order valence-electron chi connectivity index (χ3n) is 5.28. The Balaban J connectivity index is 0.00000140. The fourth-order valence-corrected chi connectivity index (χ4v) is 5.21. The molecule has 2 aromatic rings. The van der Waals surface area contributed by atoms with E-state index < -0.39 is 0 Å². The van der Waals surface area contributed by atoms with Gasteiger partial charge in [-0.25, -0.2) is 0 Å². The average molecular weight is 445 g/mol. The number of aliphatic hydroxyl groups is 1. The van der Waals surface area contributed by atoms with Crippen molar-refractivity contribution >= 4 is 35.8 Å². The van der Waals surface area contributed by atoms with Gasteiger partial charge in [0.05, 0.1) is 6.61 Å². The topological polar surface area (TPSA) is 78.4 Å². The van der Waals surface area contributed by atoms with Crippen molar-refractivity contribution in [3.8, 4) is 5.75 Å². The second-order valence-electron chi connectivity index (χ2n) is 6.90. The normalized spacial score (nSPS) is 19.6. The minimum atomic E-state index is 0. The number of nitrogens with zero attached hydrogens (tertiary/aromatic N) is 2. The monoisotopic (exact) mass is 444 g/mol. The molecule has 0 saturated carbocycles. The number of aliphatic hydroxyl groups excluding tert-OH is 1. The van der Waals surface area contributed by atoms with Gasteiger partial charge in [0.2, 0.25) is 0 Å². The molecule has 1 fully saturated rings. The van der Waals surface area contributed by atoms with Crippen molar-refractivity contribution in [3.05, 3.63) is 52.5 Å². The van der Waals surface area contributed by atoms with Crippen LogP contribution in [0.2, 0.25) is 5.02 Å². The van der Waals surface area contributed by atoms with E-state index in [1.165, 1.54) is 16.0 Å². The molecule has 2 aliphatic rings. The van der Waals surface area contributed by atoms with E-state index in [1.807, 2.05) is 18.2 Å². The molecule has 154 valence electrons. The van der Waals surface area contributed by atoms with E-state index in [0.717, 1.165) is 49.1 Å². The Bertz CT molecular complexity index is 801. The maximum Gasteiger partial charge on any atom is 0.116 e. The summed E-state index contributed by atoms with van der Waals surface area (Å²) in [6.45, 7) is 4.88. The first-order valence-corrected chi connectivity index (χ1v) is 10.2. The van der Waals surface area contributed by atoms with E-state index in [2.05, 4.69) is 21.9 Å². The van der Waals surface area contributed by atoms with E-state index in [-0.39, 0.29) is 30.5 Å². The largest absolute Gasteiger partial charge is 0.508 e. The van der Waals surface area contributed by atoms with Gasteiger partial charge in [-0.05, 0) is 47.9 Å². The molecule has 1 atom stereocenters. The Kier molecular flexibility index (Phi) is 8.45. The summed E-state index contributed by atoms with van der Waals surface area (Å²) in [5, 5.41) is 19.8. The number of phenolic OH excluding ortho intramolecular Hbond substituents is 1. The molecule has 2 aliphatic heterocycles. The molecule has 0 aromatic heterocycles. The number of piperazine rings is 1. The van der Waals surface area contributed by atoms with Crippen LogP contribution in [-0.2, 0) is 6.42 Å². The molecule has 28 heavy (non-hydrogen) atoms. The molecular weight excluding hydrogens is 419 g/mol. The number of fused-ring (bicyclic) bond motifs is 2. The zero-order valence-electron chi connectivity index (χ0n) is 15.5. The lowest BCUT2D eigenvalue weighted by atomic mass is 9.96. The molecule has 4 rings (SSSR count). The van der Waals surface area contributed by atoms with Gasteiger partial charge in [-0.1, -0.05) is 29.4 Å². The number of halogens is 2. The molecule has 0 radical (unpaired) electrons. The molecule has 1 unspecified atom stereocenters. The lowest BCUT2D eigenvalue weighted by Crippen LogP contribution is -2.48. The van der Waals surface area contributed by atoms with Crippen LogP contribution in [-0.4, -0.2) is 64.8 Å². The first kappa shape index (κ1) is 23.3. The van der Waals surface area contributed by atoms with Crippen molar-refractivity contribution in [3.63, 3.8) is 0 Å². The Morgan fingerprint density at radius 1 is 1.04 bits per heavy atom. The van der Waals surface area contributed by atoms with Crippen LogP contribution in [0.3, 0.4) is 0 Å². The molecule has 8 heteroatoms. The van der Waals surface area contributed by atoms with Gasteiger partial charge in [-0.2, -0.15) is 0 Å². The smallest absolute Gasteiger partial charge is 0.116 e. The van der Waals surface area contributed by atoms with Crippen molar-refractivity contribution in [2.45, 2.75) is 22.3 Å². The molecular formula is C20H26Cl2N2O3S. The predicted octanol–water partition coefficient (Wildman–Crippen LogP) is 3.00. The average Bonchev–Trinajstić information content (AvgIpc) is 2.79. The van der Waals surface area contributed by atoms with Crippen molar-refractivity contribution in [2.24, 2.45) is 0 Å². The second-order valence-corrected chi connectivity index (χ2v) is 8.42. The van der Waals surface area contributed by atoms with E-state index in [9.17, 15) is 5.11 Å². The molecule has 0 bridgehead atoms. The number of rotatable bonds is 3. The van der Waals surface area contributed by atoms with E-state index in [0.29, 0.717) is 5.75 Å². The van der Waals surface area contributed by atoms with Crippen LogP contribution in [0.4, 0.5) is 0 Å². The van der Waals surface area contributed by atoms with Gasteiger partial charge in [0, 0.05) is 53.6 Å². The summed E-state index contributed by atoms with van der Waals surface area (Å²) in [6, 6.07) is 12.1. The first-order valence-electron chi connectivity index (χ1n) is 9.00. The van der Waals surface area contributed by atoms with Gasteiger partial charge in [0.15, 0.2) is 0 Å². The molecule has 2 aromatic carbocycles. The number of aromatic hydroxyl groups is 1. The van der Waals surface area contributed by atoms with E-state index >= 15 is 0 Å². The zero-order chi connectivity index (χ0) is 18.1. The molecule has 5 nitrogen and oxygen atoms in total. The summed E-state index contributed by atoms with van der Waals surface area (Å²) < 4.78 is 0. The highest BCUT2D eigenvalue weighted by atomic mass is 35.5. The molecule has 2 heterocycles. The minimum absolute atomic E-state index is 0. The fraction of sp³-hybridized carbons (Fsp3) is 0.400. The summed E-state index contributed by atoms with van der Waals surface area (Å²) in [6.07, 6.45) is 0.913. The van der Waals surface area contributed by atoms with E-state index in [4.69, 9.17) is 16.7 Å². The van der Waals surface area contributed by atoms with Gasteiger partial charge in [-0.3, -0.25) is 9.80 Å². The summed E-state index contributed by atoms with van der Waals surface area (Å²) in [5.74, 6) is 0.308. The van der Waals surface area contributed by atoms with Crippen LogP contribution >= 0.6 is 35.8 Å². The van der Waals surface area contributed by atoms with E-state index in [1.54, 1.807) is 17.8 Å². The van der Waals surface area contributed by atoms with Crippen molar-refractivity contribution in [1.82, 2.24) is 9.80 Å². The van der Waals surface area contributed by atoms with Crippen LogP contribution in [0, 0.1) is 0 Å². The molecule has 1 saturated heterocycles. The van der Waals surface area contributed by atoms with Crippen LogP contribution in [0.15, 0.2) is 46.2 Å². The summed E-state index contributed by atoms with van der Waals surface area (Å²) in [5.41, 5.74) is 2.54. The minimum Gasteiger partial charge on any atom is -0.508 e. The highest BCUT2D eigenvalue weighted by Crippen LogP contribution is 2.44. The number of phenols is 1. The Hall–Kier alpha value is -0.990. The first-order chi connectivity index (χ1) is 12.6. The van der Waals surface area contributed by atoms with Crippen molar-refractivity contribution in [2.75, 3.05) is 39.3 Å². The van der Waals surface area contributed by atoms with Gasteiger partial charge in [-0.15, -0.1) is 12.4 Å². The lowest BCUT2D eigenvalue weighted by Gasteiger charge is -2.39. The predicted molar refractivity (Wildman–Crippen MR) is 116 cm³/mol.